The molecule has 1 aromatic heterocycles. The number of benzene rings is 1. The number of aromatic nitrogens is 1. The number of nitro benzene ring substituents is 1. The smallest absolute Gasteiger partial charge is 0.404 e. The molecule has 2 N–H and O–H groups in total. The number of amides is 1. The Morgan fingerprint density at radius 1 is 1.28 bits per heavy atom. The molecule has 130 valence electrons. The van der Waals surface area contributed by atoms with E-state index in [2.05, 4.69) is 10.3 Å². The highest BCUT2D eigenvalue weighted by Gasteiger charge is 2.43. The van der Waals surface area contributed by atoms with Crippen molar-refractivity contribution in [1.82, 2.24) is 10.3 Å². The molecule has 3 rings (SSSR count). The van der Waals surface area contributed by atoms with Crippen LogP contribution < -0.4 is 10.1 Å². The fourth-order valence-electron chi connectivity index (χ4n) is 2.48. The highest BCUT2D eigenvalue weighted by atomic mass is 16.6. The van der Waals surface area contributed by atoms with E-state index < -0.39 is 11.0 Å². The second-order valence-electron chi connectivity index (χ2n) is 6.16. The minimum absolute atomic E-state index is 0.0331. The summed E-state index contributed by atoms with van der Waals surface area (Å²) in [6, 6.07) is 8.03. The summed E-state index contributed by atoms with van der Waals surface area (Å²) >= 11 is 0. The van der Waals surface area contributed by atoms with Gasteiger partial charge in [0.1, 0.15) is 5.75 Å². The van der Waals surface area contributed by atoms with Crippen LogP contribution in [-0.2, 0) is 0 Å². The third kappa shape index (κ3) is 4.23. The highest BCUT2D eigenvalue weighted by molar-refractivity contribution is 5.65. The van der Waals surface area contributed by atoms with Crippen LogP contribution in [0.5, 0.6) is 5.75 Å². The van der Waals surface area contributed by atoms with Crippen LogP contribution >= 0.6 is 0 Å². The fourth-order valence-corrected chi connectivity index (χ4v) is 2.48. The number of nitrogens with one attached hydrogen (secondary N) is 1. The average Bonchev–Trinajstić information content (AvgIpc) is 3.39. The van der Waals surface area contributed by atoms with Gasteiger partial charge in [-0.15, -0.1) is 0 Å². The Bertz CT molecular complexity index is 787. The van der Waals surface area contributed by atoms with Crippen molar-refractivity contribution >= 4 is 11.8 Å². The van der Waals surface area contributed by atoms with Crippen molar-refractivity contribution in [3.63, 3.8) is 0 Å². The van der Waals surface area contributed by atoms with Crippen molar-refractivity contribution in [2.75, 3.05) is 13.2 Å². The van der Waals surface area contributed by atoms with E-state index in [1.165, 1.54) is 12.1 Å². The topological polar surface area (TPSA) is 115 Å². The number of pyridine rings is 1. The Morgan fingerprint density at radius 3 is 2.60 bits per heavy atom. The van der Waals surface area contributed by atoms with Crippen LogP contribution in [0.2, 0.25) is 0 Å². The molecule has 0 bridgehead atoms. The third-order valence-electron chi connectivity index (χ3n) is 4.24. The molecular weight excluding hydrogens is 326 g/mol. The summed E-state index contributed by atoms with van der Waals surface area (Å²) < 4.78 is 5.79. The molecule has 25 heavy (non-hydrogen) atoms. The molecule has 0 radical (unpaired) electrons. The normalized spacial score (nSPS) is 14.6. The van der Waals surface area contributed by atoms with Crippen LogP contribution in [0.15, 0.2) is 42.7 Å². The first-order valence-electron chi connectivity index (χ1n) is 7.77. The summed E-state index contributed by atoms with van der Waals surface area (Å²) in [6.45, 7) is 0.788. The molecule has 8 nitrogen and oxygen atoms in total. The molecule has 8 heteroatoms. The molecule has 1 aliphatic carbocycles. The summed E-state index contributed by atoms with van der Waals surface area (Å²) in [5.74, 6) is 0.581. The zero-order valence-corrected chi connectivity index (χ0v) is 13.3. The Labute approximate surface area is 143 Å². The monoisotopic (exact) mass is 343 g/mol. The van der Waals surface area contributed by atoms with E-state index in [1.807, 2.05) is 6.07 Å². The number of hydrogen-bond donors (Lipinski definition) is 2. The predicted octanol–water partition coefficient (Wildman–Crippen LogP) is 3.08. The van der Waals surface area contributed by atoms with Gasteiger partial charge in [-0.1, -0.05) is 0 Å². The first kappa shape index (κ1) is 16.7. The number of ether oxygens (including phenoxy) is 1. The van der Waals surface area contributed by atoms with Crippen molar-refractivity contribution in [2.24, 2.45) is 5.41 Å². The number of non-ortho nitro benzene ring substituents is 1. The number of hydrogen-bond acceptors (Lipinski definition) is 5. The van der Waals surface area contributed by atoms with Gasteiger partial charge < -0.3 is 15.2 Å². The van der Waals surface area contributed by atoms with Gasteiger partial charge in [0.2, 0.25) is 0 Å². The van der Waals surface area contributed by atoms with Crippen LogP contribution in [-0.4, -0.2) is 34.3 Å². The van der Waals surface area contributed by atoms with Crippen molar-refractivity contribution in [2.45, 2.75) is 12.8 Å². The molecular formula is C17H17N3O5. The minimum Gasteiger partial charge on any atom is -0.491 e. The summed E-state index contributed by atoms with van der Waals surface area (Å²) in [7, 11) is 0. The van der Waals surface area contributed by atoms with E-state index in [0.29, 0.717) is 18.9 Å². The standard InChI is InChI=1S/C17H17N3O5/c21-16(22)19-10-17(5-6-17)11-25-15-7-13(8-18-9-15)12-1-3-14(4-2-12)20(23)24/h1-4,7-9,19H,5-6,10-11H2,(H,21,22). The first-order valence-corrected chi connectivity index (χ1v) is 7.77. The lowest BCUT2D eigenvalue weighted by atomic mass is 10.1. The molecule has 1 heterocycles. The van der Waals surface area contributed by atoms with Gasteiger partial charge in [-0.05, 0) is 36.6 Å². The van der Waals surface area contributed by atoms with Gasteiger partial charge in [0.25, 0.3) is 5.69 Å². The van der Waals surface area contributed by atoms with Gasteiger partial charge in [0.05, 0.1) is 17.7 Å². The second-order valence-corrected chi connectivity index (χ2v) is 6.16. The van der Waals surface area contributed by atoms with Gasteiger partial charge in [0, 0.05) is 35.9 Å². The second kappa shape index (κ2) is 6.76. The molecule has 0 aliphatic heterocycles. The summed E-state index contributed by atoms with van der Waals surface area (Å²) in [5.41, 5.74) is 1.49. The van der Waals surface area contributed by atoms with Crippen molar-refractivity contribution < 1.29 is 19.6 Å². The minimum atomic E-state index is -1.03. The van der Waals surface area contributed by atoms with Gasteiger partial charge in [0.15, 0.2) is 0 Å². The largest absolute Gasteiger partial charge is 0.491 e. The SMILES string of the molecule is O=C(O)NCC1(COc2cncc(-c3ccc([N+](=O)[O-])cc3)c2)CC1. The number of nitro groups is 1. The Hall–Kier alpha value is -3.16. The summed E-state index contributed by atoms with van der Waals surface area (Å²) in [6.07, 6.45) is 4.06. The van der Waals surface area contributed by atoms with E-state index in [4.69, 9.17) is 9.84 Å². The number of carbonyl (C=O) groups is 1. The van der Waals surface area contributed by atoms with Crippen LogP contribution in [0, 0.1) is 15.5 Å². The molecule has 0 unspecified atom stereocenters. The fraction of sp³-hybridized carbons (Fsp3) is 0.294. The maximum atomic E-state index is 10.7. The third-order valence-corrected chi connectivity index (χ3v) is 4.24. The van der Waals surface area contributed by atoms with Gasteiger partial charge in [-0.25, -0.2) is 4.79 Å². The number of carboxylic acid groups (broad SMARTS) is 1. The maximum absolute atomic E-state index is 10.7. The van der Waals surface area contributed by atoms with Gasteiger partial charge >= 0.3 is 6.09 Å². The van der Waals surface area contributed by atoms with Crippen molar-refractivity contribution in [1.29, 1.82) is 0 Å². The molecule has 1 amide bonds. The lowest BCUT2D eigenvalue weighted by molar-refractivity contribution is -0.384. The van der Waals surface area contributed by atoms with E-state index in [0.717, 1.165) is 24.0 Å². The molecule has 1 fully saturated rings. The molecule has 0 spiro atoms. The van der Waals surface area contributed by atoms with E-state index in [9.17, 15) is 14.9 Å². The van der Waals surface area contributed by atoms with Crippen LogP contribution in [0.4, 0.5) is 10.5 Å². The molecule has 1 aromatic carbocycles. The zero-order chi connectivity index (χ0) is 17.9. The van der Waals surface area contributed by atoms with Crippen molar-refractivity contribution in [3.8, 4) is 16.9 Å². The number of rotatable bonds is 7. The quantitative estimate of drug-likeness (QED) is 0.590. The van der Waals surface area contributed by atoms with Gasteiger partial charge in [-0.3, -0.25) is 15.1 Å². The summed E-state index contributed by atoms with van der Waals surface area (Å²) in [4.78, 5) is 25.0. The van der Waals surface area contributed by atoms with E-state index in [1.54, 1.807) is 24.5 Å². The van der Waals surface area contributed by atoms with Crippen molar-refractivity contribution in [3.05, 3.63) is 52.8 Å². The molecule has 1 saturated carbocycles. The Morgan fingerprint density at radius 2 is 2.00 bits per heavy atom. The van der Waals surface area contributed by atoms with E-state index in [-0.39, 0.29) is 11.1 Å². The Kier molecular flexibility index (Phi) is 4.51. The average molecular weight is 343 g/mol. The zero-order valence-electron chi connectivity index (χ0n) is 13.3. The molecule has 2 aromatic rings. The van der Waals surface area contributed by atoms with Gasteiger partial charge in [-0.2, -0.15) is 0 Å². The molecule has 1 aliphatic rings. The first-order chi connectivity index (χ1) is 12.0. The lowest BCUT2D eigenvalue weighted by Gasteiger charge is -2.16. The maximum Gasteiger partial charge on any atom is 0.404 e. The van der Waals surface area contributed by atoms with Crippen LogP contribution in [0.1, 0.15) is 12.8 Å². The highest BCUT2D eigenvalue weighted by Crippen LogP contribution is 2.45. The number of nitrogens with zero attached hydrogens (tertiary/aromatic N) is 2. The summed E-state index contributed by atoms with van der Waals surface area (Å²) in [5, 5.41) is 21.8. The predicted molar refractivity (Wildman–Crippen MR) is 89.5 cm³/mol. The van der Waals surface area contributed by atoms with Crippen LogP contribution in [0.25, 0.3) is 11.1 Å². The Balaban J connectivity index is 1.65. The molecule has 0 saturated heterocycles. The van der Waals surface area contributed by atoms with E-state index >= 15 is 0 Å². The molecule has 0 atom stereocenters. The van der Waals surface area contributed by atoms with Crippen LogP contribution in [0.3, 0.4) is 0 Å². The lowest BCUT2D eigenvalue weighted by Crippen LogP contribution is -2.31.